The molecule has 1 amide bonds. The summed E-state index contributed by atoms with van der Waals surface area (Å²) in [6.45, 7) is 3.09. The molecule has 1 aromatic rings. The van der Waals surface area contributed by atoms with Crippen molar-refractivity contribution in [2.24, 2.45) is 11.7 Å². The highest BCUT2D eigenvalue weighted by molar-refractivity contribution is 5.91. The molecule has 0 aromatic carbocycles. The molecular weight excluding hydrogens is 274 g/mol. The number of piperidine rings is 1. The predicted octanol–water partition coefficient (Wildman–Crippen LogP) is 1.42. The zero-order valence-corrected chi connectivity index (χ0v) is 11.3. The number of nitrogens with two attached hydrogens (primary N) is 1. The average molecular weight is 290 g/mol. The van der Waals surface area contributed by atoms with Gasteiger partial charge < -0.3 is 15.1 Å². The topological polar surface area (TPSA) is 103 Å². The quantitative estimate of drug-likeness (QED) is 0.655. The summed E-state index contributed by atoms with van der Waals surface area (Å²) in [6.07, 6.45) is 0.732. The van der Waals surface area contributed by atoms with E-state index in [-0.39, 0.29) is 36.0 Å². The number of carbonyl (C=O) groups excluding carboxylic acids is 1. The Bertz CT molecular complexity index is 476. The first kappa shape index (κ1) is 15.5. The van der Waals surface area contributed by atoms with Crippen LogP contribution in [0.25, 0.3) is 0 Å². The molecule has 0 aliphatic carbocycles. The van der Waals surface area contributed by atoms with Gasteiger partial charge in [0.25, 0.3) is 5.91 Å². The molecule has 0 bridgehead atoms. The highest BCUT2D eigenvalue weighted by Crippen LogP contribution is 2.21. The molecule has 0 radical (unpaired) electrons. The van der Waals surface area contributed by atoms with Crippen LogP contribution in [0, 0.1) is 16.0 Å². The van der Waals surface area contributed by atoms with E-state index in [0.29, 0.717) is 13.1 Å². The van der Waals surface area contributed by atoms with Crippen LogP contribution in [0.15, 0.2) is 16.5 Å². The Kier molecular flexibility index (Phi) is 4.90. The first-order valence-electron chi connectivity index (χ1n) is 5.78. The number of hydrogen-bond donors (Lipinski definition) is 1. The first-order valence-corrected chi connectivity index (χ1v) is 5.78. The summed E-state index contributed by atoms with van der Waals surface area (Å²) in [5.41, 5.74) is 5.87. The van der Waals surface area contributed by atoms with Gasteiger partial charge in [0, 0.05) is 19.1 Å². The summed E-state index contributed by atoms with van der Waals surface area (Å²) in [5.74, 6) is -0.515. The minimum atomic E-state index is -0.661. The van der Waals surface area contributed by atoms with Gasteiger partial charge in [0.15, 0.2) is 5.76 Å². The zero-order chi connectivity index (χ0) is 13.3. The van der Waals surface area contributed by atoms with Crippen molar-refractivity contribution in [3.63, 3.8) is 0 Å². The summed E-state index contributed by atoms with van der Waals surface area (Å²) in [4.78, 5) is 23.5. The highest BCUT2D eigenvalue weighted by Gasteiger charge is 2.29. The summed E-state index contributed by atoms with van der Waals surface area (Å²) in [7, 11) is 0. The second kappa shape index (κ2) is 6.03. The van der Waals surface area contributed by atoms with E-state index in [2.05, 4.69) is 0 Å². The van der Waals surface area contributed by atoms with Crippen LogP contribution in [0.4, 0.5) is 5.88 Å². The van der Waals surface area contributed by atoms with Crippen LogP contribution in [0.1, 0.15) is 23.9 Å². The molecule has 106 valence electrons. The smallest absolute Gasteiger partial charge is 0.395 e. The van der Waals surface area contributed by atoms with Gasteiger partial charge in [-0.25, -0.2) is 0 Å². The SMILES string of the molecule is CC1CN(C(=O)c2ccc([N+](=O)[O-])o2)CCC1N.Cl. The maximum absolute atomic E-state index is 12.1. The highest BCUT2D eigenvalue weighted by atomic mass is 35.5. The molecule has 8 heteroatoms. The summed E-state index contributed by atoms with van der Waals surface area (Å²) in [5, 5.41) is 10.5. The van der Waals surface area contributed by atoms with E-state index in [1.807, 2.05) is 6.92 Å². The monoisotopic (exact) mass is 289 g/mol. The van der Waals surface area contributed by atoms with Crippen molar-refractivity contribution >= 4 is 24.2 Å². The number of halogens is 1. The Morgan fingerprint density at radius 3 is 2.79 bits per heavy atom. The van der Waals surface area contributed by atoms with Crippen LogP contribution < -0.4 is 5.73 Å². The van der Waals surface area contributed by atoms with E-state index >= 15 is 0 Å². The van der Waals surface area contributed by atoms with Crippen molar-refractivity contribution in [1.29, 1.82) is 0 Å². The number of furan rings is 1. The fraction of sp³-hybridized carbons (Fsp3) is 0.545. The van der Waals surface area contributed by atoms with Gasteiger partial charge in [-0.15, -0.1) is 12.4 Å². The van der Waals surface area contributed by atoms with Gasteiger partial charge >= 0.3 is 5.88 Å². The molecule has 7 nitrogen and oxygen atoms in total. The largest absolute Gasteiger partial charge is 0.433 e. The Balaban J connectivity index is 0.00000180. The Morgan fingerprint density at radius 2 is 2.26 bits per heavy atom. The summed E-state index contributed by atoms with van der Waals surface area (Å²) >= 11 is 0. The number of nitrogens with zero attached hydrogens (tertiary/aromatic N) is 2. The number of carbonyl (C=O) groups is 1. The lowest BCUT2D eigenvalue weighted by Crippen LogP contribution is -2.48. The van der Waals surface area contributed by atoms with Crippen molar-refractivity contribution in [1.82, 2.24) is 4.90 Å². The van der Waals surface area contributed by atoms with E-state index in [0.717, 1.165) is 6.42 Å². The number of rotatable bonds is 2. The molecule has 2 heterocycles. The fourth-order valence-corrected chi connectivity index (χ4v) is 2.04. The van der Waals surface area contributed by atoms with E-state index in [4.69, 9.17) is 10.2 Å². The molecule has 1 aliphatic heterocycles. The van der Waals surface area contributed by atoms with Crippen LogP contribution in [0.2, 0.25) is 0 Å². The maximum atomic E-state index is 12.1. The second-order valence-electron chi connectivity index (χ2n) is 4.58. The summed E-state index contributed by atoms with van der Waals surface area (Å²) in [6, 6.07) is 2.62. The third-order valence-electron chi connectivity index (χ3n) is 3.24. The van der Waals surface area contributed by atoms with E-state index in [1.54, 1.807) is 4.90 Å². The van der Waals surface area contributed by atoms with E-state index in [9.17, 15) is 14.9 Å². The Morgan fingerprint density at radius 1 is 1.58 bits per heavy atom. The summed E-state index contributed by atoms with van der Waals surface area (Å²) < 4.78 is 4.90. The zero-order valence-electron chi connectivity index (χ0n) is 10.4. The molecule has 2 unspecified atom stereocenters. The van der Waals surface area contributed by atoms with Crippen molar-refractivity contribution in [2.75, 3.05) is 13.1 Å². The van der Waals surface area contributed by atoms with Crippen LogP contribution in [0.3, 0.4) is 0 Å². The third kappa shape index (κ3) is 3.24. The van der Waals surface area contributed by atoms with Gasteiger partial charge in [0.1, 0.15) is 4.92 Å². The normalized spacial score (nSPS) is 22.7. The Hall–Kier alpha value is -1.60. The van der Waals surface area contributed by atoms with Gasteiger partial charge in [0.05, 0.1) is 6.07 Å². The second-order valence-corrected chi connectivity index (χ2v) is 4.58. The van der Waals surface area contributed by atoms with Crippen molar-refractivity contribution in [3.05, 3.63) is 28.0 Å². The van der Waals surface area contributed by atoms with E-state index < -0.39 is 10.8 Å². The minimum Gasteiger partial charge on any atom is -0.395 e. The molecule has 2 rings (SSSR count). The molecule has 2 atom stereocenters. The van der Waals surface area contributed by atoms with Crippen molar-refractivity contribution < 1.29 is 14.1 Å². The molecule has 0 spiro atoms. The number of hydrogen-bond acceptors (Lipinski definition) is 5. The van der Waals surface area contributed by atoms with Gasteiger partial charge in [-0.2, -0.15) is 0 Å². The number of likely N-dealkylation sites (tertiary alicyclic amines) is 1. The molecule has 1 aliphatic rings. The molecule has 1 saturated heterocycles. The minimum absolute atomic E-state index is 0. The first-order chi connectivity index (χ1) is 8.49. The lowest BCUT2D eigenvalue weighted by molar-refractivity contribution is -0.402. The number of nitro groups is 1. The standard InChI is InChI=1S/C11H15N3O4.ClH/c1-7-6-13(5-4-8(7)12)11(15)9-2-3-10(18-9)14(16)17;/h2-3,7-8H,4-6,12H2,1H3;1H. The Labute approximate surface area is 116 Å². The molecule has 1 fully saturated rings. The fourth-order valence-electron chi connectivity index (χ4n) is 2.04. The lowest BCUT2D eigenvalue weighted by Gasteiger charge is -2.34. The predicted molar refractivity (Wildman–Crippen MR) is 70.3 cm³/mol. The average Bonchev–Trinajstić information content (AvgIpc) is 2.81. The molecule has 2 N–H and O–H groups in total. The van der Waals surface area contributed by atoms with Gasteiger partial charge in [-0.05, 0) is 18.4 Å². The van der Waals surface area contributed by atoms with Gasteiger partial charge in [0.2, 0.25) is 0 Å². The van der Waals surface area contributed by atoms with Crippen molar-refractivity contribution in [3.8, 4) is 0 Å². The lowest BCUT2D eigenvalue weighted by atomic mass is 9.95. The van der Waals surface area contributed by atoms with Crippen molar-refractivity contribution in [2.45, 2.75) is 19.4 Å². The molecule has 1 aromatic heterocycles. The number of amides is 1. The molecule has 19 heavy (non-hydrogen) atoms. The molecule has 0 saturated carbocycles. The third-order valence-corrected chi connectivity index (χ3v) is 3.24. The van der Waals surface area contributed by atoms with Crippen LogP contribution in [-0.4, -0.2) is 34.9 Å². The van der Waals surface area contributed by atoms with Crippen LogP contribution in [-0.2, 0) is 0 Å². The van der Waals surface area contributed by atoms with Crippen LogP contribution >= 0.6 is 12.4 Å². The van der Waals surface area contributed by atoms with Gasteiger partial charge in [-0.1, -0.05) is 6.92 Å². The van der Waals surface area contributed by atoms with Crippen LogP contribution in [0.5, 0.6) is 0 Å². The maximum Gasteiger partial charge on any atom is 0.433 e. The van der Waals surface area contributed by atoms with E-state index in [1.165, 1.54) is 12.1 Å². The molecular formula is C11H16ClN3O4. The van der Waals surface area contributed by atoms with Gasteiger partial charge in [-0.3, -0.25) is 14.9 Å².